The topological polar surface area (TPSA) is 115 Å². The summed E-state index contributed by atoms with van der Waals surface area (Å²) < 4.78 is 19.5. The van der Waals surface area contributed by atoms with Crippen LogP contribution in [0, 0.1) is 0 Å². The zero-order valence-corrected chi connectivity index (χ0v) is 25.1. The molecule has 1 aliphatic rings. The quantitative estimate of drug-likeness (QED) is 0.182. The van der Waals surface area contributed by atoms with Crippen LogP contribution in [0.2, 0.25) is 0 Å². The van der Waals surface area contributed by atoms with E-state index in [-0.39, 0.29) is 18.1 Å². The molecule has 0 radical (unpaired) electrons. The van der Waals surface area contributed by atoms with E-state index >= 15 is 0 Å². The van der Waals surface area contributed by atoms with Crippen LogP contribution in [-0.4, -0.2) is 78.5 Å². The van der Waals surface area contributed by atoms with Crippen LogP contribution < -0.4 is 25.4 Å². The number of anilines is 4. The summed E-state index contributed by atoms with van der Waals surface area (Å²) in [4.78, 5) is 23.6. The molecule has 11 heteroatoms. The summed E-state index contributed by atoms with van der Waals surface area (Å²) in [6, 6.07) is 13.7. The summed E-state index contributed by atoms with van der Waals surface area (Å²) in [5.41, 5.74) is 2.84. The molecule has 2 aromatic heterocycles. The highest BCUT2D eigenvalue weighted by Gasteiger charge is 2.18. The molecule has 3 heterocycles. The molecule has 5 rings (SSSR count). The van der Waals surface area contributed by atoms with E-state index in [1.54, 1.807) is 19.4 Å². The van der Waals surface area contributed by atoms with Gasteiger partial charge in [-0.3, -0.25) is 4.79 Å². The van der Waals surface area contributed by atoms with Gasteiger partial charge in [-0.05, 0) is 70.3 Å². The highest BCUT2D eigenvalue weighted by Crippen LogP contribution is 2.37. The van der Waals surface area contributed by atoms with Crippen molar-refractivity contribution < 1.29 is 19.0 Å². The Bertz CT molecular complexity index is 1580. The summed E-state index contributed by atoms with van der Waals surface area (Å²) in [6.07, 6.45) is 7.13. The van der Waals surface area contributed by atoms with Gasteiger partial charge in [-0.25, -0.2) is 4.98 Å². The number of hydrogen-bond donors (Lipinski definition) is 3. The molecule has 1 saturated heterocycles. The van der Waals surface area contributed by atoms with E-state index in [1.165, 1.54) is 6.08 Å². The molecule has 0 spiro atoms. The highest BCUT2D eigenvalue weighted by atomic mass is 16.5. The molecule has 4 aromatic rings. The molecule has 11 nitrogen and oxygen atoms in total. The van der Waals surface area contributed by atoms with E-state index in [4.69, 9.17) is 19.2 Å². The molecule has 0 saturated carbocycles. The van der Waals surface area contributed by atoms with Crippen molar-refractivity contribution in [3.05, 3.63) is 67.5 Å². The number of nitrogens with zero attached hydrogens (tertiary/aromatic N) is 4. The van der Waals surface area contributed by atoms with Gasteiger partial charge in [0, 0.05) is 43.0 Å². The molecular weight excluding hydrogens is 546 g/mol. The van der Waals surface area contributed by atoms with Crippen LogP contribution in [0.4, 0.5) is 23.0 Å². The number of rotatable bonds is 13. The van der Waals surface area contributed by atoms with Gasteiger partial charge in [-0.1, -0.05) is 12.6 Å². The molecule has 2 atom stereocenters. The fourth-order valence-corrected chi connectivity index (χ4v) is 4.81. The Labute approximate surface area is 251 Å². The zero-order valence-electron chi connectivity index (χ0n) is 25.1. The Kier molecular flexibility index (Phi) is 9.43. The molecule has 1 aliphatic heterocycles. The predicted molar refractivity (Wildman–Crippen MR) is 170 cm³/mol. The van der Waals surface area contributed by atoms with Crippen molar-refractivity contribution in [3.63, 3.8) is 0 Å². The van der Waals surface area contributed by atoms with Gasteiger partial charge in [0.1, 0.15) is 23.9 Å². The van der Waals surface area contributed by atoms with E-state index in [0.29, 0.717) is 42.0 Å². The van der Waals surface area contributed by atoms with Crippen molar-refractivity contribution in [1.82, 2.24) is 19.4 Å². The van der Waals surface area contributed by atoms with Crippen LogP contribution in [0.25, 0.3) is 16.7 Å². The molecule has 0 aliphatic carbocycles. The van der Waals surface area contributed by atoms with Crippen LogP contribution in [0.3, 0.4) is 0 Å². The number of carbonyl (C=O) groups is 1. The summed E-state index contributed by atoms with van der Waals surface area (Å²) in [5.74, 6) is 2.10. The Morgan fingerprint density at radius 1 is 1.21 bits per heavy atom. The lowest BCUT2D eigenvalue weighted by Crippen LogP contribution is -2.31. The van der Waals surface area contributed by atoms with Gasteiger partial charge in [-0.2, -0.15) is 4.98 Å². The van der Waals surface area contributed by atoms with Gasteiger partial charge >= 0.3 is 0 Å². The van der Waals surface area contributed by atoms with Gasteiger partial charge in [0.2, 0.25) is 11.9 Å². The first-order valence-corrected chi connectivity index (χ1v) is 14.4. The molecule has 1 fully saturated rings. The van der Waals surface area contributed by atoms with E-state index in [2.05, 4.69) is 39.3 Å². The van der Waals surface area contributed by atoms with Crippen molar-refractivity contribution in [2.45, 2.75) is 31.9 Å². The largest absolute Gasteiger partial charge is 0.494 e. The number of carbonyl (C=O) groups excluding carboxylic acids is 1. The van der Waals surface area contributed by atoms with Gasteiger partial charge in [0.15, 0.2) is 0 Å². The maximum atomic E-state index is 12.3. The molecular formula is C32H39N7O4. The number of amides is 1. The number of aromatic nitrogens is 3. The van der Waals surface area contributed by atoms with Gasteiger partial charge < -0.3 is 39.6 Å². The molecule has 0 bridgehead atoms. The van der Waals surface area contributed by atoms with Crippen molar-refractivity contribution in [1.29, 1.82) is 0 Å². The third kappa shape index (κ3) is 7.07. The lowest BCUT2D eigenvalue weighted by molar-refractivity contribution is -0.111. The molecule has 2 unspecified atom stereocenters. The molecule has 43 heavy (non-hydrogen) atoms. The first kappa shape index (κ1) is 29.9. The number of ether oxygens (including phenoxy) is 3. The number of nitrogens with one attached hydrogen (secondary N) is 3. The van der Waals surface area contributed by atoms with Gasteiger partial charge in [0.05, 0.1) is 35.8 Å². The Morgan fingerprint density at radius 3 is 2.81 bits per heavy atom. The first-order chi connectivity index (χ1) is 20.9. The number of benzene rings is 2. The van der Waals surface area contributed by atoms with Crippen molar-refractivity contribution in [3.8, 4) is 17.3 Å². The van der Waals surface area contributed by atoms with Gasteiger partial charge in [0.25, 0.3) is 0 Å². The number of fused-ring (bicyclic) bond motifs is 1. The van der Waals surface area contributed by atoms with Crippen molar-refractivity contribution in [2.75, 3.05) is 56.9 Å². The minimum atomic E-state index is -0.323. The summed E-state index contributed by atoms with van der Waals surface area (Å²) in [6.45, 7) is 7.69. The van der Waals surface area contributed by atoms with Crippen molar-refractivity contribution >= 4 is 39.8 Å². The summed E-state index contributed by atoms with van der Waals surface area (Å²) in [7, 11) is 5.63. The van der Waals surface area contributed by atoms with E-state index in [1.807, 2.05) is 61.3 Å². The average Bonchev–Trinajstić information content (AvgIpc) is 3.70. The molecule has 3 N–H and O–H groups in total. The fraction of sp³-hybridized carbons (Fsp3) is 0.344. The Morgan fingerprint density at radius 2 is 2.07 bits per heavy atom. The predicted octanol–water partition coefficient (Wildman–Crippen LogP) is 5.22. The second-order valence-electron chi connectivity index (χ2n) is 10.7. The maximum Gasteiger partial charge on any atom is 0.247 e. The first-order valence-electron chi connectivity index (χ1n) is 14.4. The SMILES string of the molecule is C=CC(=O)Nc1cc(Nc2nccc(-n3ccc4c(OCC5CCCO5)cccc43)n2)c(OC)cc1NCC(C)N(C)C. The van der Waals surface area contributed by atoms with Gasteiger partial charge in [-0.15, -0.1) is 0 Å². The average molecular weight is 586 g/mol. The smallest absolute Gasteiger partial charge is 0.247 e. The molecule has 1 amide bonds. The third-order valence-electron chi connectivity index (χ3n) is 7.53. The normalized spacial score (nSPS) is 15.3. The highest BCUT2D eigenvalue weighted by molar-refractivity contribution is 6.02. The Balaban J connectivity index is 1.41. The maximum absolute atomic E-state index is 12.3. The van der Waals surface area contributed by atoms with Crippen LogP contribution in [0.5, 0.6) is 11.5 Å². The van der Waals surface area contributed by atoms with E-state index in [0.717, 1.165) is 41.8 Å². The Hall–Kier alpha value is -4.61. The lowest BCUT2D eigenvalue weighted by Gasteiger charge is -2.23. The van der Waals surface area contributed by atoms with Crippen LogP contribution in [0.15, 0.2) is 67.5 Å². The zero-order chi connectivity index (χ0) is 30.3. The monoisotopic (exact) mass is 585 g/mol. The lowest BCUT2D eigenvalue weighted by atomic mass is 10.2. The summed E-state index contributed by atoms with van der Waals surface area (Å²) in [5, 5.41) is 10.6. The third-order valence-corrected chi connectivity index (χ3v) is 7.53. The van der Waals surface area contributed by atoms with Crippen LogP contribution >= 0.6 is 0 Å². The van der Waals surface area contributed by atoms with Crippen LogP contribution in [-0.2, 0) is 9.53 Å². The minimum Gasteiger partial charge on any atom is -0.494 e. The minimum absolute atomic E-state index is 0.141. The van der Waals surface area contributed by atoms with Crippen LogP contribution in [0.1, 0.15) is 19.8 Å². The standard InChI is InChI=1S/C32H39N7O4/c1-6-31(40)35-25-17-26(29(41-5)18-24(25)34-19-21(2)38(3)4)36-32-33-14-12-30(37-32)39-15-13-23-27(39)10-7-11-28(23)43-20-22-9-8-16-42-22/h6-7,10-15,17-18,21-22,34H,1,8-9,16,19-20H2,2-5H3,(H,35,40)(H,33,36,37). The number of hydrogen-bond acceptors (Lipinski definition) is 9. The molecule has 226 valence electrons. The second-order valence-corrected chi connectivity index (χ2v) is 10.7. The van der Waals surface area contributed by atoms with Crippen molar-refractivity contribution in [2.24, 2.45) is 0 Å². The van der Waals surface area contributed by atoms with E-state index < -0.39 is 0 Å². The second kappa shape index (κ2) is 13.6. The molecule has 2 aromatic carbocycles. The summed E-state index contributed by atoms with van der Waals surface area (Å²) >= 11 is 0. The number of likely N-dealkylation sites (N-methyl/N-ethyl adjacent to an activating group) is 1. The number of methoxy groups -OCH3 is 1. The van der Waals surface area contributed by atoms with E-state index in [9.17, 15) is 4.79 Å². The fourth-order valence-electron chi connectivity index (χ4n) is 4.81.